The fourth-order valence-electron chi connectivity index (χ4n) is 1.58. The number of hydrogen-bond donors (Lipinski definition) is 2. The number of aliphatic hydroxyl groups excluding tert-OH is 1. The molecule has 0 amide bonds. The molecule has 0 atom stereocenters. The molecule has 0 spiro atoms. The van der Waals surface area contributed by atoms with Gasteiger partial charge in [0.15, 0.2) is 5.13 Å². The molecule has 4 heteroatoms. The number of nitrogen functional groups attached to an aromatic ring is 1. The first kappa shape index (κ1) is 10.4. The number of thiazole rings is 1. The molecule has 0 unspecified atom stereocenters. The van der Waals surface area contributed by atoms with Gasteiger partial charge in [-0.15, -0.1) is 0 Å². The lowest BCUT2D eigenvalue weighted by Gasteiger charge is -1.99. The largest absolute Gasteiger partial charge is 0.396 e. The molecule has 0 aliphatic heterocycles. The standard InChI is InChI=1S/C11H14N2OS/c12-11-13-9-5-4-8(3-1-2-6-14)7-10(9)15-11/h4-5,7,14H,1-3,6H2,(H2,12,13). The lowest BCUT2D eigenvalue weighted by Crippen LogP contribution is -1.88. The third-order valence-corrected chi connectivity index (χ3v) is 3.19. The number of anilines is 1. The highest BCUT2D eigenvalue weighted by atomic mass is 32.1. The van der Waals surface area contributed by atoms with E-state index < -0.39 is 0 Å². The molecule has 0 fully saturated rings. The summed E-state index contributed by atoms with van der Waals surface area (Å²) < 4.78 is 1.15. The van der Waals surface area contributed by atoms with Crippen molar-refractivity contribution in [3.05, 3.63) is 23.8 Å². The average molecular weight is 222 g/mol. The van der Waals surface area contributed by atoms with Crippen molar-refractivity contribution in [2.24, 2.45) is 0 Å². The Labute approximate surface area is 92.6 Å². The lowest BCUT2D eigenvalue weighted by atomic mass is 10.1. The fraction of sp³-hybridized carbons (Fsp3) is 0.364. The lowest BCUT2D eigenvalue weighted by molar-refractivity contribution is 0.284. The molecule has 0 aliphatic rings. The summed E-state index contributed by atoms with van der Waals surface area (Å²) >= 11 is 1.52. The molecular formula is C11H14N2OS. The van der Waals surface area contributed by atoms with Gasteiger partial charge in [0.1, 0.15) is 0 Å². The second-order valence-electron chi connectivity index (χ2n) is 3.53. The van der Waals surface area contributed by atoms with Crippen LogP contribution in [0.3, 0.4) is 0 Å². The number of nitrogens with two attached hydrogens (primary N) is 1. The number of benzene rings is 1. The molecule has 2 rings (SSSR count). The van der Waals surface area contributed by atoms with Crippen LogP contribution < -0.4 is 5.73 Å². The van der Waals surface area contributed by atoms with E-state index >= 15 is 0 Å². The summed E-state index contributed by atoms with van der Waals surface area (Å²) in [5, 5.41) is 9.32. The Morgan fingerprint density at radius 3 is 3.00 bits per heavy atom. The summed E-state index contributed by atoms with van der Waals surface area (Å²) in [6.45, 7) is 0.274. The molecular weight excluding hydrogens is 208 g/mol. The first-order chi connectivity index (χ1) is 7.29. The minimum atomic E-state index is 0.274. The van der Waals surface area contributed by atoms with Crippen LogP contribution in [0.15, 0.2) is 18.2 Å². The summed E-state index contributed by atoms with van der Waals surface area (Å²) in [6.07, 6.45) is 2.90. The van der Waals surface area contributed by atoms with Crippen LogP contribution in [0.2, 0.25) is 0 Å². The quantitative estimate of drug-likeness (QED) is 0.780. The summed E-state index contributed by atoms with van der Waals surface area (Å²) in [4.78, 5) is 4.21. The number of hydrogen-bond acceptors (Lipinski definition) is 4. The zero-order valence-electron chi connectivity index (χ0n) is 8.44. The minimum Gasteiger partial charge on any atom is -0.396 e. The van der Waals surface area contributed by atoms with Crippen LogP contribution in [0.1, 0.15) is 18.4 Å². The predicted octanol–water partition coefficient (Wildman–Crippen LogP) is 2.19. The maximum Gasteiger partial charge on any atom is 0.181 e. The minimum absolute atomic E-state index is 0.274. The highest BCUT2D eigenvalue weighted by molar-refractivity contribution is 7.22. The Morgan fingerprint density at radius 2 is 2.20 bits per heavy atom. The molecule has 0 saturated carbocycles. The van der Waals surface area contributed by atoms with Crippen molar-refractivity contribution in [1.82, 2.24) is 4.98 Å². The second kappa shape index (κ2) is 4.59. The van der Waals surface area contributed by atoms with Gasteiger partial charge in [0, 0.05) is 6.61 Å². The topological polar surface area (TPSA) is 59.1 Å². The smallest absolute Gasteiger partial charge is 0.181 e. The van der Waals surface area contributed by atoms with Crippen molar-refractivity contribution in [2.75, 3.05) is 12.3 Å². The van der Waals surface area contributed by atoms with Gasteiger partial charge in [-0.1, -0.05) is 17.4 Å². The monoisotopic (exact) mass is 222 g/mol. The van der Waals surface area contributed by atoms with Crippen molar-refractivity contribution < 1.29 is 5.11 Å². The van der Waals surface area contributed by atoms with Gasteiger partial charge in [-0.2, -0.15) is 0 Å². The number of nitrogens with zero attached hydrogens (tertiary/aromatic N) is 1. The summed E-state index contributed by atoms with van der Waals surface area (Å²) in [6, 6.07) is 6.23. The fourth-order valence-corrected chi connectivity index (χ4v) is 2.38. The van der Waals surface area contributed by atoms with Gasteiger partial charge in [-0.05, 0) is 37.0 Å². The third-order valence-electron chi connectivity index (χ3n) is 2.34. The van der Waals surface area contributed by atoms with Gasteiger partial charge >= 0.3 is 0 Å². The summed E-state index contributed by atoms with van der Waals surface area (Å²) in [7, 11) is 0. The van der Waals surface area contributed by atoms with E-state index in [1.165, 1.54) is 16.9 Å². The van der Waals surface area contributed by atoms with E-state index in [9.17, 15) is 0 Å². The van der Waals surface area contributed by atoms with E-state index in [0.29, 0.717) is 5.13 Å². The molecule has 1 aromatic heterocycles. The molecule has 0 radical (unpaired) electrons. The van der Waals surface area contributed by atoms with Gasteiger partial charge in [0.2, 0.25) is 0 Å². The van der Waals surface area contributed by atoms with E-state index in [0.717, 1.165) is 29.5 Å². The van der Waals surface area contributed by atoms with Gasteiger partial charge < -0.3 is 10.8 Å². The third kappa shape index (κ3) is 2.46. The van der Waals surface area contributed by atoms with Crippen molar-refractivity contribution in [2.45, 2.75) is 19.3 Å². The van der Waals surface area contributed by atoms with Gasteiger partial charge in [-0.3, -0.25) is 0 Å². The SMILES string of the molecule is Nc1nc2ccc(CCCCO)cc2s1. The highest BCUT2D eigenvalue weighted by Gasteiger charge is 2.01. The normalized spacial score (nSPS) is 11.0. The number of rotatable bonds is 4. The molecule has 2 aromatic rings. The number of fused-ring (bicyclic) bond motifs is 1. The Hall–Kier alpha value is -1.13. The number of aryl methyl sites for hydroxylation is 1. The zero-order chi connectivity index (χ0) is 10.7. The van der Waals surface area contributed by atoms with E-state index in [-0.39, 0.29) is 6.61 Å². The number of unbranched alkanes of at least 4 members (excludes halogenated alkanes) is 1. The van der Waals surface area contributed by atoms with Crippen molar-refractivity contribution in [3.8, 4) is 0 Å². The first-order valence-electron chi connectivity index (χ1n) is 5.05. The Kier molecular flexibility index (Phi) is 3.18. The van der Waals surface area contributed by atoms with Crippen molar-refractivity contribution in [1.29, 1.82) is 0 Å². The maximum absolute atomic E-state index is 8.69. The van der Waals surface area contributed by atoms with Crippen LogP contribution in [0.5, 0.6) is 0 Å². The number of aromatic nitrogens is 1. The number of aliphatic hydroxyl groups is 1. The van der Waals surface area contributed by atoms with Crippen molar-refractivity contribution in [3.63, 3.8) is 0 Å². The van der Waals surface area contributed by atoms with Crippen LogP contribution >= 0.6 is 11.3 Å². The highest BCUT2D eigenvalue weighted by Crippen LogP contribution is 2.25. The van der Waals surface area contributed by atoms with Gasteiger partial charge in [0.25, 0.3) is 0 Å². The molecule has 1 aromatic carbocycles. The molecule has 0 saturated heterocycles. The molecule has 3 nitrogen and oxygen atoms in total. The van der Waals surface area contributed by atoms with E-state index in [4.69, 9.17) is 10.8 Å². The first-order valence-corrected chi connectivity index (χ1v) is 5.87. The van der Waals surface area contributed by atoms with E-state index in [1.807, 2.05) is 6.07 Å². The maximum atomic E-state index is 8.69. The van der Waals surface area contributed by atoms with Gasteiger partial charge in [-0.25, -0.2) is 4.98 Å². The molecule has 80 valence electrons. The van der Waals surface area contributed by atoms with Crippen LogP contribution in [0.4, 0.5) is 5.13 Å². The van der Waals surface area contributed by atoms with Crippen LogP contribution in [0.25, 0.3) is 10.2 Å². The van der Waals surface area contributed by atoms with Crippen molar-refractivity contribution >= 4 is 26.7 Å². The van der Waals surface area contributed by atoms with E-state index in [1.54, 1.807) is 0 Å². The Balaban J connectivity index is 2.15. The molecule has 15 heavy (non-hydrogen) atoms. The van der Waals surface area contributed by atoms with Crippen LogP contribution in [-0.2, 0) is 6.42 Å². The van der Waals surface area contributed by atoms with Crippen LogP contribution in [0, 0.1) is 0 Å². The zero-order valence-corrected chi connectivity index (χ0v) is 9.26. The molecule has 3 N–H and O–H groups in total. The molecule has 0 aliphatic carbocycles. The Bertz CT molecular complexity index is 453. The summed E-state index contributed by atoms with van der Waals surface area (Å²) in [5.74, 6) is 0. The predicted molar refractivity (Wildman–Crippen MR) is 64.1 cm³/mol. The van der Waals surface area contributed by atoms with Crippen LogP contribution in [-0.4, -0.2) is 16.7 Å². The second-order valence-corrected chi connectivity index (χ2v) is 4.60. The summed E-state index contributed by atoms with van der Waals surface area (Å²) in [5.41, 5.74) is 7.90. The molecule has 1 heterocycles. The average Bonchev–Trinajstić information content (AvgIpc) is 2.57. The van der Waals surface area contributed by atoms with E-state index in [2.05, 4.69) is 17.1 Å². The van der Waals surface area contributed by atoms with Gasteiger partial charge in [0.05, 0.1) is 10.2 Å². The Morgan fingerprint density at radius 1 is 1.33 bits per heavy atom. The molecule has 0 bridgehead atoms.